The Morgan fingerprint density at radius 2 is 2.00 bits per heavy atom. The minimum atomic E-state index is -0.0400. The topological polar surface area (TPSA) is 35.5 Å². The summed E-state index contributed by atoms with van der Waals surface area (Å²) >= 11 is 0. The van der Waals surface area contributed by atoms with Gasteiger partial charge < -0.3 is 15.3 Å². The quantitative estimate of drug-likeness (QED) is 0.686. The molecule has 21 heavy (non-hydrogen) atoms. The van der Waals surface area contributed by atoms with Gasteiger partial charge in [0.2, 0.25) is 0 Å². The lowest BCUT2D eigenvalue weighted by atomic mass is 9.85. The molecule has 124 valence electrons. The molecule has 1 aliphatic heterocycles. The standard InChI is InChI=1S/C18H36N2O/c1-3-12-19-18(4-2,15-21)11-7-13-20-14-10-16-8-5-6-9-17(16)20/h16-17,19,21H,3-15H2,1-2H3. The molecule has 3 atom stereocenters. The number of nitrogens with one attached hydrogen (secondary N) is 1. The van der Waals surface area contributed by atoms with Crippen LogP contribution in [0.5, 0.6) is 0 Å². The third kappa shape index (κ3) is 4.43. The highest BCUT2D eigenvalue weighted by atomic mass is 16.3. The molecule has 3 heteroatoms. The van der Waals surface area contributed by atoms with E-state index in [-0.39, 0.29) is 12.1 Å². The third-order valence-corrected chi connectivity index (χ3v) is 5.96. The fourth-order valence-electron chi connectivity index (χ4n) is 4.43. The van der Waals surface area contributed by atoms with Crippen molar-refractivity contribution in [1.29, 1.82) is 0 Å². The van der Waals surface area contributed by atoms with Crippen molar-refractivity contribution < 1.29 is 5.11 Å². The average molecular weight is 296 g/mol. The summed E-state index contributed by atoms with van der Waals surface area (Å²) in [6.45, 7) is 8.23. The first-order valence-corrected chi connectivity index (χ1v) is 9.34. The monoisotopic (exact) mass is 296 g/mol. The Hall–Kier alpha value is -0.120. The van der Waals surface area contributed by atoms with Crippen LogP contribution in [-0.4, -0.2) is 47.8 Å². The highest BCUT2D eigenvalue weighted by molar-refractivity contribution is 4.91. The van der Waals surface area contributed by atoms with Gasteiger partial charge in [-0.15, -0.1) is 0 Å². The second kappa shape index (κ2) is 8.50. The van der Waals surface area contributed by atoms with Crippen LogP contribution in [0.15, 0.2) is 0 Å². The molecule has 0 spiro atoms. The van der Waals surface area contributed by atoms with E-state index in [0.29, 0.717) is 0 Å². The third-order valence-electron chi connectivity index (χ3n) is 5.96. The summed E-state index contributed by atoms with van der Waals surface area (Å²) in [6.07, 6.45) is 11.7. The van der Waals surface area contributed by atoms with Crippen LogP contribution < -0.4 is 5.32 Å². The molecule has 2 N–H and O–H groups in total. The van der Waals surface area contributed by atoms with Crippen LogP contribution in [0.25, 0.3) is 0 Å². The number of aliphatic hydroxyl groups is 1. The van der Waals surface area contributed by atoms with Crippen molar-refractivity contribution in [2.75, 3.05) is 26.2 Å². The SMILES string of the molecule is CCCNC(CC)(CO)CCCN1CCC2CCCCC21. The minimum absolute atomic E-state index is 0.0400. The number of aliphatic hydroxyl groups excluding tert-OH is 1. The summed E-state index contributed by atoms with van der Waals surface area (Å²) in [5.41, 5.74) is -0.0400. The molecule has 3 unspecified atom stereocenters. The van der Waals surface area contributed by atoms with Gasteiger partial charge in [0.05, 0.1) is 6.61 Å². The largest absolute Gasteiger partial charge is 0.394 e. The maximum atomic E-state index is 9.81. The maximum Gasteiger partial charge on any atom is 0.0613 e. The van der Waals surface area contributed by atoms with Crippen LogP contribution in [0.3, 0.4) is 0 Å². The van der Waals surface area contributed by atoms with Gasteiger partial charge in [0, 0.05) is 11.6 Å². The highest BCUT2D eigenvalue weighted by Crippen LogP contribution is 2.36. The molecule has 0 aromatic heterocycles. The molecule has 2 fully saturated rings. The molecular weight excluding hydrogens is 260 g/mol. The Bertz CT molecular complexity index is 291. The first-order valence-electron chi connectivity index (χ1n) is 9.34. The van der Waals surface area contributed by atoms with E-state index in [9.17, 15) is 5.11 Å². The van der Waals surface area contributed by atoms with Crippen molar-refractivity contribution in [3.63, 3.8) is 0 Å². The number of rotatable bonds is 9. The van der Waals surface area contributed by atoms with Crippen molar-refractivity contribution in [1.82, 2.24) is 10.2 Å². The lowest BCUT2D eigenvalue weighted by Crippen LogP contribution is -2.49. The van der Waals surface area contributed by atoms with Gasteiger partial charge in [-0.3, -0.25) is 0 Å². The van der Waals surface area contributed by atoms with Crippen LogP contribution in [-0.2, 0) is 0 Å². The Morgan fingerprint density at radius 3 is 2.71 bits per heavy atom. The van der Waals surface area contributed by atoms with Gasteiger partial charge in [0.1, 0.15) is 0 Å². The molecule has 3 nitrogen and oxygen atoms in total. The van der Waals surface area contributed by atoms with Gasteiger partial charge in [-0.2, -0.15) is 0 Å². The minimum Gasteiger partial charge on any atom is -0.394 e. The number of hydrogen-bond donors (Lipinski definition) is 2. The van der Waals surface area contributed by atoms with Gasteiger partial charge in [0.25, 0.3) is 0 Å². The molecule has 0 radical (unpaired) electrons. The first kappa shape index (κ1) is 17.2. The van der Waals surface area contributed by atoms with Gasteiger partial charge in [-0.05, 0) is 70.5 Å². The predicted molar refractivity (Wildman–Crippen MR) is 89.6 cm³/mol. The van der Waals surface area contributed by atoms with E-state index in [4.69, 9.17) is 0 Å². The zero-order chi connectivity index (χ0) is 15.1. The summed E-state index contributed by atoms with van der Waals surface area (Å²) in [4.78, 5) is 2.75. The van der Waals surface area contributed by atoms with E-state index >= 15 is 0 Å². The summed E-state index contributed by atoms with van der Waals surface area (Å²) in [5.74, 6) is 0.991. The number of fused-ring (bicyclic) bond motifs is 1. The Morgan fingerprint density at radius 1 is 1.19 bits per heavy atom. The molecule has 2 aliphatic rings. The van der Waals surface area contributed by atoms with Crippen molar-refractivity contribution in [3.05, 3.63) is 0 Å². The van der Waals surface area contributed by atoms with Crippen molar-refractivity contribution >= 4 is 0 Å². The molecular formula is C18H36N2O. The van der Waals surface area contributed by atoms with Gasteiger partial charge in [-0.1, -0.05) is 26.7 Å². The number of hydrogen-bond acceptors (Lipinski definition) is 3. The normalized spacial score (nSPS) is 29.3. The lowest BCUT2D eigenvalue weighted by Gasteiger charge is -2.35. The summed E-state index contributed by atoms with van der Waals surface area (Å²) < 4.78 is 0. The molecule has 0 bridgehead atoms. The molecule has 0 amide bonds. The summed E-state index contributed by atoms with van der Waals surface area (Å²) in [5, 5.41) is 13.4. The molecule has 1 heterocycles. The predicted octanol–water partition coefficient (Wildman–Crippen LogP) is 3.17. The van der Waals surface area contributed by atoms with Crippen LogP contribution >= 0.6 is 0 Å². The number of nitrogens with zero attached hydrogens (tertiary/aromatic N) is 1. The molecule has 2 rings (SSSR count). The fourth-order valence-corrected chi connectivity index (χ4v) is 4.43. The number of likely N-dealkylation sites (tertiary alicyclic amines) is 1. The highest BCUT2D eigenvalue weighted by Gasteiger charge is 2.35. The second-order valence-corrected chi connectivity index (χ2v) is 7.26. The Kier molecular flexibility index (Phi) is 6.97. The Labute approximate surface area is 131 Å². The van der Waals surface area contributed by atoms with Gasteiger partial charge in [-0.25, -0.2) is 0 Å². The van der Waals surface area contributed by atoms with E-state index in [1.165, 1.54) is 51.6 Å². The maximum absolute atomic E-state index is 9.81. The fraction of sp³-hybridized carbons (Fsp3) is 1.00. The van der Waals surface area contributed by atoms with Crippen molar-refractivity contribution in [3.8, 4) is 0 Å². The zero-order valence-electron chi connectivity index (χ0n) is 14.2. The van der Waals surface area contributed by atoms with Crippen LogP contribution in [0.4, 0.5) is 0 Å². The smallest absolute Gasteiger partial charge is 0.0613 e. The molecule has 1 saturated carbocycles. The zero-order valence-corrected chi connectivity index (χ0v) is 14.2. The van der Waals surface area contributed by atoms with Gasteiger partial charge >= 0.3 is 0 Å². The van der Waals surface area contributed by atoms with E-state index in [0.717, 1.165) is 37.8 Å². The summed E-state index contributed by atoms with van der Waals surface area (Å²) in [7, 11) is 0. The van der Waals surface area contributed by atoms with Crippen molar-refractivity contribution in [2.24, 2.45) is 5.92 Å². The molecule has 0 aromatic rings. The van der Waals surface area contributed by atoms with E-state index in [2.05, 4.69) is 24.1 Å². The summed E-state index contributed by atoms with van der Waals surface area (Å²) in [6, 6.07) is 0.882. The van der Waals surface area contributed by atoms with Crippen LogP contribution in [0.1, 0.15) is 71.6 Å². The van der Waals surface area contributed by atoms with Crippen LogP contribution in [0.2, 0.25) is 0 Å². The van der Waals surface area contributed by atoms with E-state index in [1.807, 2.05) is 0 Å². The molecule has 1 saturated heterocycles. The van der Waals surface area contributed by atoms with E-state index in [1.54, 1.807) is 0 Å². The molecule has 1 aliphatic carbocycles. The molecule has 0 aromatic carbocycles. The van der Waals surface area contributed by atoms with Crippen LogP contribution in [0, 0.1) is 5.92 Å². The van der Waals surface area contributed by atoms with E-state index < -0.39 is 0 Å². The first-order chi connectivity index (χ1) is 10.2. The lowest BCUT2D eigenvalue weighted by molar-refractivity contribution is 0.131. The Balaban J connectivity index is 1.76. The van der Waals surface area contributed by atoms with Crippen molar-refractivity contribution in [2.45, 2.75) is 83.2 Å². The van der Waals surface area contributed by atoms with Gasteiger partial charge in [0.15, 0.2) is 0 Å². The second-order valence-electron chi connectivity index (χ2n) is 7.26. The average Bonchev–Trinajstić information content (AvgIpc) is 2.94.